The minimum atomic E-state index is -3.64. The van der Waals surface area contributed by atoms with Crippen LogP contribution in [-0.4, -0.2) is 24.8 Å². The van der Waals surface area contributed by atoms with Gasteiger partial charge in [-0.25, -0.2) is 17.8 Å². The average Bonchev–Trinajstić information content (AvgIpc) is 2.89. The maximum Gasteiger partial charge on any atom is 0.243 e. The van der Waals surface area contributed by atoms with Crippen LogP contribution in [0, 0.1) is 0 Å². The Morgan fingerprint density at radius 2 is 1.85 bits per heavy atom. The topological polar surface area (TPSA) is 85.1 Å². The summed E-state index contributed by atoms with van der Waals surface area (Å²) >= 11 is 5.93. The fourth-order valence-electron chi connectivity index (χ4n) is 2.53. The van der Waals surface area contributed by atoms with E-state index in [1.807, 2.05) is 0 Å². The molecule has 0 spiro atoms. The molecule has 1 fully saturated rings. The van der Waals surface area contributed by atoms with Gasteiger partial charge in [-0.2, -0.15) is 0 Å². The maximum absolute atomic E-state index is 12.5. The summed E-state index contributed by atoms with van der Waals surface area (Å²) in [7, 11) is -3.64. The van der Waals surface area contributed by atoms with Gasteiger partial charge in [-0.1, -0.05) is 30.9 Å². The molecular weight excluding hydrogens is 302 g/mol. The average molecular weight is 316 g/mol. The Labute approximate surface area is 121 Å². The first-order valence-corrected chi connectivity index (χ1v) is 8.37. The fourth-order valence-corrected chi connectivity index (χ4v) is 4.16. The summed E-state index contributed by atoms with van der Waals surface area (Å²) in [5.74, 6) is 0. The molecule has 1 saturated carbocycles. The van der Waals surface area contributed by atoms with Crippen LogP contribution < -0.4 is 4.72 Å². The Morgan fingerprint density at radius 1 is 1.15 bits per heavy atom. The molecule has 1 heterocycles. The molecule has 0 amide bonds. The zero-order chi connectivity index (χ0) is 14.2. The molecule has 1 N–H and O–H groups in total. The molecule has 0 bridgehead atoms. The Morgan fingerprint density at radius 3 is 2.60 bits per heavy atom. The highest BCUT2D eigenvalue weighted by atomic mass is 35.5. The number of fused-ring (bicyclic) bond motifs is 1. The lowest BCUT2D eigenvalue weighted by Crippen LogP contribution is -2.36. The van der Waals surface area contributed by atoms with E-state index in [1.165, 1.54) is 12.1 Å². The molecule has 0 aliphatic heterocycles. The third kappa shape index (κ3) is 2.53. The van der Waals surface area contributed by atoms with Gasteiger partial charge in [-0.05, 0) is 35.3 Å². The van der Waals surface area contributed by atoms with E-state index in [1.54, 1.807) is 0 Å². The van der Waals surface area contributed by atoms with E-state index in [0.717, 1.165) is 32.1 Å². The van der Waals surface area contributed by atoms with Crippen LogP contribution >= 0.6 is 11.6 Å². The molecule has 0 unspecified atom stereocenters. The monoisotopic (exact) mass is 315 g/mol. The largest absolute Gasteiger partial charge is 0.243 e. The van der Waals surface area contributed by atoms with Crippen LogP contribution in [0.3, 0.4) is 0 Å². The summed E-state index contributed by atoms with van der Waals surface area (Å²) < 4.78 is 32.2. The molecule has 108 valence electrons. The lowest BCUT2D eigenvalue weighted by atomic mass is 9.96. The summed E-state index contributed by atoms with van der Waals surface area (Å²) in [6.07, 6.45) is 5.00. The number of aromatic nitrogens is 2. The number of benzene rings is 1. The van der Waals surface area contributed by atoms with Crippen molar-refractivity contribution in [2.24, 2.45) is 0 Å². The molecule has 6 nitrogen and oxygen atoms in total. The van der Waals surface area contributed by atoms with Crippen molar-refractivity contribution in [1.29, 1.82) is 0 Å². The van der Waals surface area contributed by atoms with E-state index in [4.69, 9.17) is 11.6 Å². The zero-order valence-electron chi connectivity index (χ0n) is 10.7. The lowest BCUT2D eigenvalue weighted by Gasteiger charge is -2.22. The molecule has 8 heteroatoms. The van der Waals surface area contributed by atoms with E-state index >= 15 is 0 Å². The fraction of sp³-hybridized carbons (Fsp3) is 0.500. The molecular formula is C12H14ClN3O3S. The second kappa shape index (κ2) is 5.31. The predicted octanol–water partition coefficient (Wildman–Crippen LogP) is 2.49. The normalized spacial score (nSPS) is 17.6. The molecule has 1 aliphatic rings. The summed E-state index contributed by atoms with van der Waals surface area (Å²) in [4.78, 5) is 0.0590. The molecule has 1 aromatic carbocycles. The molecule has 3 rings (SSSR count). The minimum Gasteiger partial charge on any atom is -0.243 e. The van der Waals surface area contributed by atoms with Crippen LogP contribution in [0.1, 0.15) is 32.1 Å². The van der Waals surface area contributed by atoms with Crippen LogP contribution in [-0.2, 0) is 10.0 Å². The van der Waals surface area contributed by atoms with Gasteiger partial charge in [0.1, 0.15) is 4.90 Å². The van der Waals surface area contributed by atoms with Gasteiger partial charge in [-0.15, -0.1) is 0 Å². The van der Waals surface area contributed by atoms with Crippen molar-refractivity contribution < 1.29 is 13.0 Å². The smallest absolute Gasteiger partial charge is 0.243 e. The quantitative estimate of drug-likeness (QED) is 0.940. The van der Waals surface area contributed by atoms with E-state index in [0.29, 0.717) is 5.02 Å². The van der Waals surface area contributed by atoms with Crippen molar-refractivity contribution in [2.45, 2.75) is 43.0 Å². The van der Waals surface area contributed by atoms with Crippen molar-refractivity contribution >= 4 is 32.7 Å². The summed E-state index contributed by atoms with van der Waals surface area (Å²) in [6, 6.07) is 2.91. The zero-order valence-corrected chi connectivity index (χ0v) is 12.2. The molecule has 0 saturated heterocycles. The van der Waals surface area contributed by atoms with Crippen molar-refractivity contribution in [1.82, 2.24) is 15.0 Å². The van der Waals surface area contributed by atoms with E-state index in [2.05, 4.69) is 19.7 Å². The molecule has 0 atom stereocenters. The minimum absolute atomic E-state index is 0.0145. The van der Waals surface area contributed by atoms with Gasteiger partial charge in [0.2, 0.25) is 10.0 Å². The second-order valence-corrected chi connectivity index (χ2v) is 7.05. The molecule has 0 radical (unpaired) electrons. The van der Waals surface area contributed by atoms with Gasteiger partial charge in [0.25, 0.3) is 0 Å². The number of nitrogens with zero attached hydrogens (tertiary/aromatic N) is 2. The number of hydrogen-bond acceptors (Lipinski definition) is 5. The van der Waals surface area contributed by atoms with Gasteiger partial charge in [0.05, 0.1) is 5.02 Å². The molecule has 1 aliphatic carbocycles. The first-order chi connectivity index (χ1) is 9.58. The number of hydrogen-bond donors (Lipinski definition) is 1. The Hall–Kier alpha value is -1.18. The summed E-state index contributed by atoms with van der Waals surface area (Å²) in [5.41, 5.74) is 0.430. The number of sulfonamides is 1. The first-order valence-electron chi connectivity index (χ1n) is 6.51. The van der Waals surface area contributed by atoms with Crippen LogP contribution in [0.4, 0.5) is 0 Å². The van der Waals surface area contributed by atoms with Gasteiger partial charge in [0.15, 0.2) is 11.0 Å². The Bertz CT molecular complexity index is 723. The van der Waals surface area contributed by atoms with Crippen molar-refractivity contribution in [3.63, 3.8) is 0 Å². The van der Waals surface area contributed by atoms with E-state index in [-0.39, 0.29) is 22.0 Å². The van der Waals surface area contributed by atoms with Crippen molar-refractivity contribution in [2.75, 3.05) is 0 Å². The standard InChI is InChI=1S/C12H14ClN3O3S/c13-9-6-7-10(12-11(9)14-19-15-12)20(17,18)16-8-4-2-1-3-5-8/h6-8,16H,1-5H2. The van der Waals surface area contributed by atoms with Gasteiger partial charge in [-0.3, -0.25) is 0 Å². The van der Waals surface area contributed by atoms with Crippen LogP contribution in [0.5, 0.6) is 0 Å². The van der Waals surface area contributed by atoms with Gasteiger partial charge >= 0.3 is 0 Å². The molecule has 2 aromatic rings. The van der Waals surface area contributed by atoms with Gasteiger partial charge < -0.3 is 0 Å². The third-order valence-corrected chi connectivity index (χ3v) is 5.40. The van der Waals surface area contributed by atoms with E-state index < -0.39 is 10.0 Å². The Balaban J connectivity index is 1.96. The number of halogens is 1. The second-order valence-electron chi connectivity index (χ2n) is 4.96. The predicted molar refractivity (Wildman–Crippen MR) is 74.0 cm³/mol. The molecule has 20 heavy (non-hydrogen) atoms. The summed E-state index contributed by atoms with van der Waals surface area (Å²) in [5, 5.41) is 7.60. The SMILES string of the molecule is O=S(=O)(NC1CCCCC1)c1ccc(Cl)c2nonc12. The van der Waals surface area contributed by atoms with Crippen molar-refractivity contribution in [3.05, 3.63) is 17.2 Å². The maximum atomic E-state index is 12.5. The van der Waals surface area contributed by atoms with E-state index in [9.17, 15) is 8.42 Å². The molecule has 1 aromatic heterocycles. The highest BCUT2D eigenvalue weighted by Crippen LogP contribution is 2.27. The third-order valence-electron chi connectivity index (χ3n) is 3.55. The highest BCUT2D eigenvalue weighted by molar-refractivity contribution is 7.89. The van der Waals surface area contributed by atoms with Crippen LogP contribution in [0.15, 0.2) is 21.7 Å². The number of nitrogens with one attached hydrogen (secondary N) is 1. The Kier molecular flexibility index (Phi) is 3.66. The number of rotatable bonds is 3. The van der Waals surface area contributed by atoms with Gasteiger partial charge in [0, 0.05) is 6.04 Å². The first kappa shape index (κ1) is 13.8. The summed E-state index contributed by atoms with van der Waals surface area (Å²) in [6.45, 7) is 0. The van der Waals surface area contributed by atoms with Crippen LogP contribution in [0.25, 0.3) is 11.0 Å². The lowest BCUT2D eigenvalue weighted by molar-refractivity contribution is 0.315. The highest BCUT2D eigenvalue weighted by Gasteiger charge is 2.25. The van der Waals surface area contributed by atoms with Crippen LogP contribution in [0.2, 0.25) is 5.02 Å². The van der Waals surface area contributed by atoms with Crippen molar-refractivity contribution in [3.8, 4) is 0 Å².